The van der Waals surface area contributed by atoms with E-state index in [1.165, 1.54) is 35.8 Å². The molecular weight excluding hydrogens is 762 g/mol. The molecule has 0 saturated heterocycles. The molecule has 1 saturated carbocycles. The van der Waals surface area contributed by atoms with Gasteiger partial charge in [0.05, 0.1) is 0 Å². The molecule has 0 bridgehead atoms. The van der Waals surface area contributed by atoms with Gasteiger partial charge in [0.1, 0.15) is 0 Å². The fourth-order valence-electron chi connectivity index (χ4n) is 5.46. The van der Waals surface area contributed by atoms with Crippen LogP contribution in [-0.2, 0) is 32.7 Å². The van der Waals surface area contributed by atoms with Crippen molar-refractivity contribution in [2.24, 2.45) is 57.7 Å². The predicted molar refractivity (Wildman–Crippen MR) is 278 cm³/mol. The Morgan fingerprint density at radius 2 is 0.684 bits per heavy atom. The second-order valence-corrected chi connectivity index (χ2v) is 19.5. The Kier molecular flexibility index (Phi) is 63.9. The number of rotatable bonds is 8. The van der Waals surface area contributed by atoms with Gasteiger partial charge in [-0.2, -0.15) is 39.5 Å². The topological polar surface area (TPSA) is 0 Å². The average molecular weight is 887 g/mol. The molecule has 2 rings (SSSR count). The van der Waals surface area contributed by atoms with Crippen LogP contribution in [0.3, 0.4) is 0 Å². The zero-order chi connectivity index (χ0) is 42.2. The van der Waals surface area contributed by atoms with Crippen LogP contribution in [-0.4, -0.2) is 0 Å². The monoisotopic (exact) mass is 886 g/mol. The molecule has 1 aromatic rings. The molecule has 353 valence electrons. The van der Waals surface area contributed by atoms with Gasteiger partial charge < -0.3 is 11.8 Å². The van der Waals surface area contributed by atoms with Crippen LogP contribution in [0.15, 0.2) is 24.3 Å². The van der Waals surface area contributed by atoms with E-state index in [-0.39, 0.29) is 69.8 Å². The number of hydrogen-bond acceptors (Lipinski definition) is 0. The first kappa shape index (κ1) is 84.7. The van der Waals surface area contributed by atoms with E-state index in [4.69, 9.17) is 0 Å². The van der Waals surface area contributed by atoms with Crippen molar-refractivity contribution in [3.8, 4) is 0 Å². The van der Waals surface area contributed by atoms with Crippen LogP contribution in [0.5, 0.6) is 0 Å². The molecular formula is C56H124Y-2. The molecule has 1 aliphatic rings. The summed E-state index contributed by atoms with van der Waals surface area (Å²) in [4.78, 5) is 0. The van der Waals surface area contributed by atoms with E-state index in [1.807, 2.05) is 27.7 Å². The summed E-state index contributed by atoms with van der Waals surface area (Å²) in [5.74, 6) is 10.5. The Bertz CT molecular complexity index is 821. The molecule has 0 spiro atoms. The predicted octanol–water partition coefficient (Wildman–Crippen LogP) is 21.7. The summed E-state index contributed by atoms with van der Waals surface area (Å²) in [7, 11) is 0. The Labute approximate surface area is 397 Å². The third-order valence-electron chi connectivity index (χ3n) is 12.6. The van der Waals surface area contributed by atoms with E-state index >= 15 is 0 Å². The van der Waals surface area contributed by atoms with E-state index in [2.05, 4.69) is 197 Å². The molecule has 0 N–H and O–H groups in total. The van der Waals surface area contributed by atoms with Gasteiger partial charge in [0.2, 0.25) is 0 Å². The van der Waals surface area contributed by atoms with Crippen molar-refractivity contribution in [1.82, 2.24) is 0 Å². The number of benzene rings is 1. The summed E-state index contributed by atoms with van der Waals surface area (Å²) in [6.07, 6.45) is 2.97. The summed E-state index contributed by atoms with van der Waals surface area (Å²) in [6, 6.07) is 8.72. The third-order valence-corrected chi connectivity index (χ3v) is 12.6. The van der Waals surface area contributed by atoms with E-state index in [0.717, 1.165) is 41.4 Å². The van der Waals surface area contributed by atoms with Crippen molar-refractivity contribution in [3.05, 3.63) is 47.2 Å². The fourth-order valence-corrected chi connectivity index (χ4v) is 5.46. The van der Waals surface area contributed by atoms with Gasteiger partial charge in [-0.25, -0.2) is 0 Å². The molecule has 1 heteroatoms. The van der Waals surface area contributed by atoms with Crippen molar-refractivity contribution in [2.45, 2.75) is 263 Å². The maximum atomic E-state index is 2.40. The average Bonchev–Trinajstić information content (AvgIpc) is 2.98. The third kappa shape index (κ3) is 35.6. The summed E-state index contributed by atoms with van der Waals surface area (Å²) in [6.45, 7) is 65.2. The normalized spacial score (nSPS) is 14.1. The summed E-state index contributed by atoms with van der Waals surface area (Å²) in [5.41, 5.74) is 4.08. The maximum absolute atomic E-state index is 2.40. The Morgan fingerprint density at radius 3 is 0.772 bits per heavy atom. The maximum Gasteiger partial charge on any atom is 0 e. The van der Waals surface area contributed by atoms with Gasteiger partial charge in [-0.05, 0) is 81.6 Å². The van der Waals surface area contributed by atoms with E-state index in [0.29, 0.717) is 28.1 Å². The molecule has 1 aromatic carbocycles. The minimum atomic E-state index is 0. The Morgan fingerprint density at radius 1 is 0.474 bits per heavy atom. The smallest absolute Gasteiger partial charge is 0 e. The molecule has 1 aliphatic carbocycles. The standard InChI is InChI=1S/C13H28.C12H18.C10H20.2C6H13.2C2H6.5CH4.Y/c1-10(2)12(6,7)13(8,9)11(3,4)5;1-9(2)11-7-5-6-8-12(11)10(3)4;1-7(2)9-5-6-10(9)8(3)4;2*1-5(2)6(3)4;2*1-2;;;;;;/h10H,1-9H3;5-10H,1-4H3;7-10H,5-6H2,1-4H3;2*5H,1-4H3;2*1-2H3;5*1H4;/q;;;2*-1;;;;;;;;. The summed E-state index contributed by atoms with van der Waals surface area (Å²) >= 11 is 0. The van der Waals surface area contributed by atoms with Crippen molar-refractivity contribution < 1.29 is 32.7 Å². The first-order valence-corrected chi connectivity index (χ1v) is 21.7. The van der Waals surface area contributed by atoms with Crippen LogP contribution in [0.2, 0.25) is 0 Å². The summed E-state index contributed by atoms with van der Waals surface area (Å²) in [5, 5.41) is 0. The van der Waals surface area contributed by atoms with Gasteiger partial charge >= 0.3 is 0 Å². The fraction of sp³-hybridized carbons (Fsp3) is 0.857. The van der Waals surface area contributed by atoms with E-state index < -0.39 is 0 Å². The molecule has 1 radical (unpaired) electrons. The van der Waals surface area contributed by atoms with Gasteiger partial charge in [-0.3, -0.25) is 0 Å². The van der Waals surface area contributed by atoms with Crippen LogP contribution >= 0.6 is 0 Å². The van der Waals surface area contributed by atoms with Crippen molar-refractivity contribution in [3.63, 3.8) is 0 Å². The quantitative estimate of drug-likeness (QED) is 0.228. The molecule has 2 unspecified atom stereocenters. The SMILES string of the molecule is C.C.C.C.C.CC.CC.CC(C)C(C)(C)C(C)(C)C(C)(C)C.CC(C)C1CCC1C(C)C.CC(C)c1ccccc1C(C)C.C[C-](C)C(C)C.C[C-](C)C(C)C.[Y]. The minimum Gasteiger partial charge on any atom is -0.317 e. The van der Waals surface area contributed by atoms with Crippen LogP contribution < -0.4 is 0 Å². The molecule has 0 aromatic heterocycles. The van der Waals surface area contributed by atoms with Crippen LogP contribution in [0, 0.1) is 69.5 Å². The molecule has 1 fully saturated rings. The van der Waals surface area contributed by atoms with Crippen LogP contribution in [0.1, 0.15) is 274 Å². The molecule has 0 aliphatic heterocycles. The summed E-state index contributed by atoms with van der Waals surface area (Å²) < 4.78 is 0. The van der Waals surface area contributed by atoms with Gasteiger partial charge in [0.25, 0.3) is 0 Å². The van der Waals surface area contributed by atoms with Crippen molar-refractivity contribution in [2.75, 3.05) is 0 Å². The second-order valence-electron chi connectivity index (χ2n) is 19.5. The zero-order valence-corrected chi connectivity index (χ0v) is 44.8. The van der Waals surface area contributed by atoms with Gasteiger partial charge in [0.15, 0.2) is 0 Å². The first-order chi connectivity index (χ1) is 23.0. The van der Waals surface area contributed by atoms with Crippen LogP contribution in [0.25, 0.3) is 0 Å². The Hall–Kier alpha value is 0.324. The molecule has 2 atom stereocenters. The molecule has 0 heterocycles. The number of hydrogen-bond donors (Lipinski definition) is 0. The van der Waals surface area contributed by atoms with E-state index in [1.54, 1.807) is 0 Å². The van der Waals surface area contributed by atoms with Crippen molar-refractivity contribution in [1.29, 1.82) is 0 Å². The minimum absolute atomic E-state index is 0. The van der Waals surface area contributed by atoms with Gasteiger partial charge in [0, 0.05) is 32.7 Å². The first-order valence-electron chi connectivity index (χ1n) is 21.7. The largest absolute Gasteiger partial charge is 0.317 e. The molecule has 0 amide bonds. The van der Waals surface area contributed by atoms with Crippen LogP contribution in [0.4, 0.5) is 0 Å². The van der Waals surface area contributed by atoms with Crippen molar-refractivity contribution >= 4 is 0 Å². The second kappa shape index (κ2) is 43.0. The zero-order valence-electron chi connectivity index (χ0n) is 42.0. The Balaban J connectivity index is -0.0000000503. The van der Waals surface area contributed by atoms with Gasteiger partial charge in [-0.15, -0.1) is 0 Å². The van der Waals surface area contributed by atoms with E-state index in [9.17, 15) is 0 Å². The molecule has 0 nitrogen and oxygen atoms in total. The van der Waals surface area contributed by atoms with Gasteiger partial charge in [-0.1, -0.05) is 234 Å². The molecule has 57 heavy (non-hydrogen) atoms.